The molecule has 0 spiro atoms. The quantitative estimate of drug-likeness (QED) is 0.680. The van der Waals surface area contributed by atoms with Crippen molar-refractivity contribution in [3.63, 3.8) is 0 Å². The number of aryl methyl sites for hydroxylation is 1. The van der Waals surface area contributed by atoms with Gasteiger partial charge in [-0.3, -0.25) is 18.9 Å². The van der Waals surface area contributed by atoms with Crippen LogP contribution in [-0.2, 0) is 26.6 Å². The number of rotatable bonds is 2. The number of fused-ring (bicyclic) bond motifs is 2. The van der Waals surface area contributed by atoms with Crippen LogP contribution in [0.15, 0.2) is 46.1 Å². The van der Waals surface area contributed by atoms with Crippen molar-refractivity contribution >= 4 is 5.65 Å². The molecule has 0 saturated heterocycles. The molecule has 1 aliphatic rings. The first-order valence-electron chi connectivity index (χ1n) is 7.86. The molecule has 0 bridgehead atoms. The minimum atomic E-state index is -0.0994. The van der Waals surface area contributed by atoms with Crippen LogP contribution in [0.1, 0.15) is 17.0 Å². The van der Waals surface area contributed by atoms with Crippen LogP contribution in [0.25, 0.3) is 5.65 Å². The second-order valence-corrected chi connectivity index (χ2v) is 6.05. The summed E-state index contributed by atoms with van der Waals surface area (Å²) in [6.07, 6.45) is 2.50. The largest absolute Gasteiger partial charge is 0.293 e. The molecule has 4 heterocycles. The summed E-state index contributed by atoms with van der Waals surface area (Å²) in [5, 5.41) is 4.32. The third-order valence-corrected chi connectivity index (χ3v) is 4.33. The van der Waals surface area contributed by atoms with Crippen molar-refractivity contribution in [1.82, 2.24) is 24.1 Å². The smallest absolute Gasteiger partial charge is 0.266 e. The van der Waals surface area contributed by atoms with E-state index in [0.29, 0.717) is 18.7 Å². The fourth-order valence-electron chi connectivity index (χ4n) is 3.10. The Kier molecular flexibility index (Phi) is 3.50. The molecule has 0 amide bonds. The van der Waals surface area contributed by atoms with Gasteiger partial charge in [-0.1, -0.05) is 6.07 Å². The molecule has 0 radical (unpaired) electrons. The summed E-state index contributed by atoms with van der Waals surface area (Å²) in [5.74, 6) is 0. The highest BCUT2D eigenvalue weighted by atomic mass is 16.1. The SMILES string of the molecule is Cn1nc2c(cc1=O)CN(Cc1cc(=O)n3ccccc3n1)CC2. The van der Waals surface area contributed by atoms with E-state index in [1.807, 2.05) is 18.2 Å². The molecule has 7 nitrogen and oxygen atoms in total. The molecule has 1 aliphatic heterocycles. The first-order chi connectivity index (χ1) is 11.6. The molecule has 0 fully saturated rings. The van der Waals surface area contributed by atoms with E-state index >= 15 is 0 Å². The summed E-state index contributed by atoms with van der Waals surface area (Å²) in [4.78, 5) is 30.7. The van der Waals surface area contributed by atoms with Crippen LogP contribution in [0, 0.1) is 0 Å². The third kappa shape index (κ3) is 2.63. The standard InChI is InChI=1S/C17H17N5O2/c1-20-16(23)8-12-10-21(7-5-14(12)19-20)11-13-9-17(24)22-6-3-2-4-15(22)18-13/h2-4,6,8-9H,5,7,10-11H2,1H3. The summed E-state index contributed by atoms with van der Waals surface area (Å²) in [5.41, 5.74) is 3.14. The monoisotopic (exact) mass is 323 g/mol. The molecular weight excluding hydrogens is 306 g/mol. The molecule has 0 aromatic carbocycles. The van der Waals surface area contributed by atoms with Gasteiger partial charge >= 0.3 is 0 Å². The van der Waals surface area contributed by atoms with Crippen molar-refractivity contribution in [1.29, 1.82) is 0 Å². The van der Waals surface area contributed by atoms with Gasteiger partial charge in [0, 0.05) is 51.4 Å². The molecule has 24 heavy (non-hydrogen) atoms. The molecule has 3 aromatic heterocycles. The maximum Gasteiger partial charge on any atom is 0.266 e. The minimum Gasteiger partial charge on any atom is -0.293 e. The maximum absolute atomic E-state index is 12.2. The number of nitrogens with zero attached hydrogens (tertiary/aromatic N) is 5. The topological polar surface area (TPSA) is 72.5 Å². The lowest BCUT2D eigenvalue weighted by Gasteiger charge is -2.27. The molecule has 122 valence electrons. The molecular formula is C17H17N5O2. The van der Waals surface area contributed by atoms with E-state index in [1.54, 1.807) is 25.4 Å². The third-order valence-electron chi connectivity index (χ3n) is 4.33. The van der Waals surface area contributed by atoms with Gasteiger partial charge < -0.3 is 0 Å². The predicted octanol–water partition coefficient (Wildman–Crippen LogP) is 0.346. The van der Waals surface area contributed by atoms with Crippen LogP contribution in [-0.4, -0.2) is 30.6 Å². The van der Waals surface area contributed by atoms with E-state index in [-0.39, 0.29) is 11.1 Å². The normalized spacial score (nSPS) is 14.7. The highest BCUT2D eigenvalue weighted by molar-refractivity contribution is 5.38. The molecule has 0 saturated carbocycles. The molecule has 0 aliphatic carbocycles. The van der Waals surface area contributed by atoms with E-state index in [2.05, 4.69) is 15.0 Å². The van der Waals surface area contributed by atoms with Gasteiger partial charge in [0.2, 0.25) is 0 Å². The van der Waals surface area contributed by atoms with E-state index in [9.17, 15) is 9.59 Å². The Morgan fingerprint density at radius 3 is 2.92 bits per heavy atom. The average molecular weight is 323 g/mol. The zero-order valence-electron chi connectivity index (χ0n) is 13.3. The fraction of sp³-hybridized carbons (Fsp3) is 0.294. The van der Waals surface area contributed by atoms with Crippen molar-refractivity contribution in [2.45, 2.75) is 19.5 Å². The zero-order valence-corrected chi connectivity index (χ0v) is 13.3. The van der Waals surface area contributed by atoms with Gasteiger partial charge in [0.25, 0.3) is 11.1 Å². The van der Waals surface area contributed by atoms with Gasteiger partial charge in [-0.2, -0.15) is 5.10 Å². The summed E-state index contributed by atoms with van der Waals surface area (Å²) >= 11 is 0. The zero-order chi connectivity index (χ0) is 16.7. The lowest BCUT2D eigenvalue weighted by atomic mass is 10.1. The van der Waals surface area contributed by atoms with Gasteiger partial charge in [-0.25, -0.2) is 9.67 Å². The van der Waals surface area contributed by atoms with Crippen molar-refractivity contribution < 1.29 is 0 Å². The van der Waals surface area contributed by atoms with Gasteiger partial charge in [-0.15, -0.1) is 0 Å². The lowest BCUT2D eigenvalue weighted by molar-refractivity contribution is 0.238. The Hall–Kier alpha value is -2.80. The Labute approximate surface area is 137 Å². The number of hydrogen-bond acceptors (Lipinski definition) is 5. The average Bonchev–Trinajstić information content (AvgIpc) is 2.56. The number of aromatic nitrogens is 4. The molecule has 4 rings (SSSR count). The molecule has 7 heteroatoms. The lowest BCUT2D eigenvalue weighted by Crippen LogP contribution is -2.34. The Morgan fingerprint density at radius 1 is 1.17 bits per heavy atom. The van der Waals surface area contributed by atoms with Crippen LogP contribution in [0.3, 0.4) is 0 Å². The molecule has 0 atom stereocenters. The Morgan fingerprint density at radius 2 is 2.04 bits per heavy atom. The summed E-state index contributed by atoms with van der Waals surface area (Å²) < 4.78 is 2.91. The van der Waals surface area contributed by atoms with Gasteiger partial charge in [0.1, 0.15) is 5.65 Å². The first kappa shape index (κ1) is 14.8. The maximum atomic E-state index is 12.2. The molecule has 0 unspecified atom stereocenters. The Balaban J connectivity index is 1.61. The molecule has 0 N–H and O–H groups in total. The highest BCUT2D eigenvalue weighted by Crippen LogP contribution is 2.16. The van der Waals surface area contributed by atoms with Crippen molar-refractivity contribution in [3.05, 3.63) is 74.2 Å². The second kappa shape index (κ2) is 5.68. The van der Waals surface area contributed by atoms with Crippen LogP contribution < -0.4 is 11.1 Å². The minimum absolute atomic E-state index is 0.0801. The van der Waals surface area contributed by atoms with Crippen LogP contribution >= 0.6 is 0 Å². The highest BCUT2D eigenvalue weighted by Gasteiger charge is 2.19. The molecule has 3 aromatic rings. The summed E-state index contributed by atoms with van der Waals surface area (Å²) in [7, 11) is 1.67. The van der Waals surface area contributed by atoms with E-state index in [0.717, 1.165) is 29.9 Å². The van der Waals surface area contributed by atoms with E-state index in [1.165, 1.54) is 9.08 Å². The number of pyridine rings is 1. The van der Waals surface area contributed by atoms with Crippen molar-refractivity contribution in [3.8, 4) is 0 Å². The summed E-state index contributed by atoms with van der Waals surface area (Å²) in [6.45, 7) is 2.05. The van der Waals surface area contributed by atoms with Crippen LogP contribution in [0.5, 0.6) is 0 Å². The van der Waals surface area contributed by atoms with Gasteiger partial charge in [-0.05, 0) is 17.7 Å². The summed E-state index contributed by atoms with van der Waals surface area (Å²) in [6, 6.07) is 8.72. The van der Waals surface area contributed by atoms with Crippen LogP contribution in [0.2, 0.25) is 0 Å². The second-order valence-electron chi connectivity index (χ2n) is 6.05. The van der Waals surface area contributed by atoms with Crippen LogP contribution in [0.4, 0.5) is 0 Å². The first-order valence-corrected chi connectivity index (χ1v) is 7.86. The fourth-order valence-corrected chi connectivity index (χ4v) is 3.10. The Bertz CT molecular complexity index is 1040. The van der Waals surface area contributed by atoms with Gasteiger partial charge in [0.05, 0.1) is 11.4 Å². The van der Waals surface area contributed by atoms with Crippen molar-refractivity contribution in [2.75, 3.05) is 6.54 Å². The predicted molar refractivity (Wildman–Crippen MR) is 88.8 cm³/mol. The van der Waals surface area contributed by atoms with E-state index in [4.69, 9.17) is 0 Å². The van der Waals surface area contributed by atoms with Crippen molar-refractivity contribution in [2.24, 2.45) is 7.05 Å². The van der Waals surface area contributed by atoms with Gasteiger partial charge in [0.15, 0.2) is 0 Å². The number of hydrogen-bond donors (Lipinski definition) is 0. The van der Waals surface area contributed by atoms with E-state index < -0.39 is 0 Å².